The molecule has 1 aromatic carbocycles. The molecule has 0 aliphatic carbocycles. The summed E-state index contributed by atoms with van der Waals surface area (Å²) in [7, 11) is 0. The van der Waals surface area contributed by atoms with Crippen molar-refractivity contribution in [2.24, 2.45) is 0 Å². The number of carboxylic acid groups (broad SMARTS) is 1. The van der Waals surface area contributed by atoms with Gasteiger partial charge in [-0.25, -0.2) is 4.79 Å². The van der Waals surface area contributed by atoms with E-state index in [1.54, 1.807) is 4.90 Å². The summed E-state index contributed by atoms with van der Waals surface area (Å²) in [6.45, 7) is 3.72. The van der Waals surface area contributed by atoms with Gasteiger partial charge in [0.2, 0.25) is 0 Å². The second-order valence-electron chi connectivity index (χ2n) is 7.12. The molecule has 29 heavy (non-hydrogen) atoms. The molecule has 1 N–H and O–H groups in total. The van der Waals surface area contributed by atoms with Crippen molar-refractivity contribution in [2.45, 2.75) is 32.2 Å². The van der Waals surface area contributed by atoms with E-state index in [0.717, 1.165) is 6.42 Å². The number of aromatic carboxylic acids is 1. The van der Waals surface area contributed by atoms with E-state index in [4.69, 9.17) is 5.11 Å². The number of benzene rings is 1. The third-order valence-electron chi connectivity index (χ3n) is 5.16. The van der Waals surface area contributed by atoms with Crippen LogP contribution in [0.25, 0.3) is 0 Å². The lowest BCUT2D eigenvalue weighted by molar-refractivity contribution is 0.0515. The van der Waals surface area contributed by atoms with Crippen LogP contribution in [0, 0.1) is 0 Å². The van der Waals surface area contributed by atoms with Crippen molar-refractivity contribution in [1.82, 2.24) is 14.8 Å². The molecule has 0 radical (unpaired) electrons. The molecule has 0 atom stereocenters. The molecule has 1 aromatic heterocycles. The molecule has 2 amide bonds. The quantitative estimate of drug-likeness (QED) is 0.812. The van der Waals surface area contributed by atoms with Crippen molar-refractivity contribution >= 4 is 17.8 Å². The fourth-order valence-electron chi connectivity index (χ4n) is 3.66. The maximum Gasteiger partial charge on any atom is 0.335 e. The second kappa shape index (κ2) is 9.32. The van der Waals surface area contributed by atoms with Crippen LogP contribution in [0.2, 0.25) is 0 Å². The zero-order valence-electron chi connectivity index (χ0n) is 16.5. The molecule has 7 nitrogen and oxygen atoms in total. The molecule has 152 valence electrons. The second-order valence-corrected chi connectivity index (χ2v) is 7.12. The maximum absolute atomic E-state index is 13.0. The number of aromatic nitrogens is 1. The van der Waals surface area contributed by atoms with Crippen LogP contribution in [-0.2, 0) is 0 Å². The minimum atomic E-state index is -1.09. The van der Waals surface area contributed by atoms with E-state index >= 15 is 0 Å². The van der Waals surface area contributed by atoms with Crippen LogP contribution >= 0.6 is 0 Å². The summed E-state index contributed by atoms with van der Waals surface area (Å²) in [4.78, 5) is 44.6. The zero-order chi connectivity index (χ0) is 20.8. The Kier molecular flexibility index (Phi) is 6.59. The van der Waals surface area contributed by atoms with Crippen LogP contribution in [-0.4, -0.2) is 63.4 Å². The Balaban J connectivity index is 1.69. The Hall–Kier alpha value is -3.22. The Bertz CT molecular complexity index is 877. The Morgan fingerprint density at radius 2 is 1.79 bits per heavy atom. The van der Waals surface area contributed by atoms with Crippen LogP contribution in [0.5, 0.6) is 0 Å². The average molecular weight is 395 g/mol. The van der Waals surface area contributed by atoms with Crippen molar-refractivity contribution in [3.05, 3.63) is 65.5 Å². The highest BCUT2D eigenvalue weighted by Crippen LogP contribution is 2.21. The van der Waals surface area contributed by atoms with Crippen LogP contribution in [0.3, 0.4) is 0 Å². The number of piperidine rings is 1. The SMILES string of the molecule is CCCN(C(=O)c1cc(C(=O)O)ccn1)C1CCN(C(=O)c2ccccc2)CC1. The number of hydrogen-bond acceptors (Lipinski definition) is 4. The van der Waals surface area contributed by atoms with Gasteiger partial charge in [-0.3, -0.25) is 14.6 Å². The number of carboxylic acids is 1. The van der Waals surface area contributed by atoms with Gasteiger partial charge in [0.05, 0.1) is 5.56 Å². The number of carbonyl (C=O) groups is 3. The molecule has 0 spiro atoms. The van der Waals surface area contributed by atoms with E-state index in [9.17, 15) is 14.4 Å². The molecular formula is C22H25N3O4. The minimum absolute atomic E-state index is 0.00226. The Morgan fingerprint density at radius 3 is 2.41 bits per heavy atom. The largest absolute Gasteiger partial charge is 0.478 e. The predicted octanol–water partition coefficient (Wildman–Crippen LogP) is 2.94. The molecule has 1 saturated heterocycles. The summed E-state index contributed by atoms with van der Waals surface area (Å²) >= 11 is 0. The Morgan fingerprint density at radius 1 is 1.10 bits per heavy atom. The number of likely N-dealkylation sites (tertiary alicyclic amines) is 1. The van der Waals surface area contributed by atoms with Gasteiger partial charge >= 0.3 is 5.97 Å². The molecule has 1 fully saturated rings. The van der Waals surface area contributed by atoms with Crippen molar-refractivity contribution in [2.75, 3.05) is 19.6 Å². The molecule has 0 bridgehead atoms. The molecule has 1 aliphatic rings. The van der Waals surface area contributed by atoms with Gasteiger partial charge in [-0.05, 0) is 43.5 Å². The number of hydrogen-bond donors (Lipinski definition) is 1. The highest BCUT2D eigenvalue weighted by molar-refractivity contribution is 5.96. The highest BCUT2D eigenvalue weighted by atomic mass is 16.4. The van der Waals surface area contributed by atoms with Gasteiger partial charge in [-0.1, -0.05) is 25.1 Å². The lowest BCUT2D eigenvalue weighted by Gasteiger charge is -2.38. The van der Waals surface area contributed by atoms with Gasteiger partial charge < -0.3 is 14.9 Å². The number of pyridine rings is 1. The fourth-order valence-corrected chi connectivity index (χ4v) is 3.66. The van der Waals surface area contributed by atoms with E-state index in [0.29, 0.717) is 38.0 Å². The lowest BCUT2D eigenvalue weighted by Crippen LogP contribution is -2.49. The van der Waals surface area contributed by atoms with E-state index in [2.05, 4.69) is 4.98 Å². The fraction of sp³-hybridized carbons (Fsp3) is 0.364. The van der Waals surface area contributed by atoms with Crippen LogP contribution in [0.15, 0.2) is 48.7 Å². The van der Waals surface area contributed by atoms with Gasteiger partial charge in [-0.2, -0.15) is 0 Å². The monoisotopic (exact) mass is 395 g/mol. The third-order valence-corrected chi connectivity index (χ3v) is 5.16. The van der Waals surface area contributed by atoms with Crippen molar-refractivity contribution in [3.63, 3.8) is 0 Å². The third kappa shape index (κ3) is 4.80. The molecule has 2 aromatic rings. The van der Waals surface area contributed by atoms with Gasteiger partial charge in [0.25, 0.3) is 11.8 Å². The molecule has 7 heteroatoms. The summed E-state index contributed by atoms with van der Waals surface area (Å²) in [5.74, 6) is -1.34. The first-order chi connectivity index (χ1) is 14.0. The van der Waals surface area contributed by atoms with Crippen molar-refractivity contribution in [3.8, 4) is 0 Å². The van der Waals surface area contributed by atoms with Crippen LogP contribution in [0.1, 0.15) is 57.4 Å². The summed E-state index contributed by atoms with van der Waals surface area (Å²) in [5, 5.41) is 9.17. The minimum Gasteiger partial charge on any atom is -0.478 e. The first kappa shape index (κ1) is 20.5. The summed E-state index contributed by atoms with van der Waals surface area (Å²) < 4.78 is 0. The number of rotatable bonds is 6. The number of nitrogens with zero attached hydrogens (tertiary/aromatic N) is 3. The molecular weight excluding hydrogens is 370 g/mol. The number of amides is 2. The van der Waals surface area contributed by atoms with Gasteiger partial charge in [0, 0.05) is 37.4 Å². The van der Waals surface area contributed by atoms with Gasteiger partial charge in [-0.15, -0.1) is 0 Å². The summed E-state index contributed by atoms with van der Waals surface area (Å²) in [6, 6.07) is 11.9. The Labute approximate surface area is 170 Å². The van der Waals surface area contributed by atoms with E-state index in [1.165, 1.54) is 18.3 Å². The molecule has 2 heterocycles. The molecule has 0 unspecified atom stereocenters. The van der Waals surface area contributed by atoms with Crippen molar-refractivity contribution in [1.29, 1.82) is 0 Å². The summed E-state index contributed by atoms with van der Waals surface area (Å²) in [5.41, 5.74) is 0.853. The van der Waals surface area contributed by atoms with E-state index in [-0.39, 0.29) is 29.1 Å². The van der Waals surface area contributed by atoms with Crippen molar-refractivity contribution < 1.29 is 19.5 Å². The van der Waals surface area contributed by atoms with Crippen LogP contribution in [0.4, 0.5) is 0 Å². The first-order valence-electron chi connectivity index (χ1n) is 9.86. The van der Waals surface area contributed by atoms with E-state index < -0.39 is 5.97 Å². The lowest BCUT2D eigenvalue weighted by atomic mass is 10.0. The molecule has 3 rings (SSSR count). The molecule has 0 saturated carbocycles. The zero-order valence-corrected chi connectivity index (χ0v) is 16.5. The van der Waals surface area contributed by atoms with Gasteiger partial charge in [0.1, 0.15) is 5.69 Å². The predicted molar refractivity (Wildman–Crippen MR) is 108 cm³/mol. The smallest absolute Gasteiger partial charge is 0.335 e. The van der Waals surface area contributed by atoms with Gasteiger partial charge in [0.15, 0.2) is 0 Å². The average Bonchev–Trinajstić information content (AvgIpc) is 2.77. The highest BCUT2D eigenvalue weighted by Gasteiger charge is 2.30. The maximum atomic E-state index is 13.0. The number of carbonyl (C=O) groups excluding carboxylic acids is 2. The van der Waals surface area contributed by atoms with E-state index in [1.807, 2.05) is 42.2 Å². The molecule has 1 aliphatic heterocycles. The van der Waals surface area contributed by atoms with Crippen LogP contribution < -0.4 is 0 Å². The summed E-state index contributed by atoms with van der Waals surface area (Å²) in [6.07, 6.45) is 3.50. The standard InChI is InChI=1S/C22H25N3O4/c1-2-12-25(21(27)19-15-17(22(28)29)8-11-23-19)18-9-13-24(14-10-18)20(26)16-6-4-3-5-7-16/h3-8,11,15,18H,2,9-10,12-14H2,1H3,(H,28,29). The normalized spacial score (nSPS) is 14.4. The first-order valence-corrected chi connectivity index (χ1v) is 9.86. The topological polar surface area (TPSA) is 90.8 Å².